The Bertz CT molecular complexity index is 1130. The number of nitriles is 3. The van der Waals surface area contributed by atoms with E-state index in [1.807, 2.05) is 0 Å². The Balaban J connectivity index is 2.58. The summed E-state index contributed by atoms with van der Waals surface area (Å²) < 4.78 is 71.3. The molecule has 0 amide bonds. The molecule has 5 nitrogen and oxygen atoms in total. The molecule has 0 unspecified atom stereocenters. The molecule has 30 heavy (non-hydrogen) atoms. The van der Waals surface area contributed by atoms with Gasteiger partial charge in [-0.3, -0.25) is 0 Å². The minimum absolute atomic E-state index is 0.0348. The van der Waals surface area contributed by atoms with Crippen LogP contribution in [0.2, 0.25) is 10.0 Å². The number of hydrogen-bond donors (Lipinski definition) is 1. The molecule has 0 aliphatic carbocycles. The second-order valence-electron chi connectivity index (χ2n) is 5.34. The number of allylic oxidation sites excluding steroid dienone is 2. The van der Waals surface area contributed by atoms with E-state index in [4.69, 9.17) is 43.7 Å². The average molecular weight is 459 g/mol. The summed E-state index contributed by atoms with van der Waals surface area (Å²) in [5, 5.41) is 29.0. The lowest BCUT2D eigenvalue weighted by molar-refractivity contribution is -0.138. The summed E-state index contributed by atoms with van der Waals surface area (Å²) in [6.45, 7) is 0. The smallest absolute Gasteiger partial charge is 0.416 e. The molecule has 152 valence electrons. The van der Waals surface area contributed by atoms with Crippen LogP contribution in [0.1, 0.15) is 5.56 Å². The molecular weight excluding hydrogens is 454 g/mol. The first-order valence-corrected chi connectivity index (χ1v) is 8.22. The molecule has 0 aliphatic heterocycles. The van der Waals surface area contributed by atoms with Gasteiger partial charge in [0.2, 0.25) is 0 Å². The molecule has 0 saturated carbocycles. The highest BCUT2D eigenvalue weighted by molar-refractivity contribution is 6.42. The number of anilines is 1. The molecule has 0 bridgehead atoms. The number of rotatable bonds is 4. The van der Waals surface area contributed by atoms with Crippen molar-refractivity contribution < 1.29 is 26.7 Å². The molecule has 0 radical (unpaired) electrons. The molecular formula is C18H5Cl2F5N4O. The first-order valence-electron chi connectivity index (χ1n) is 7.46. The minimum Gasteiger partial charge on any atom is -0.449 e. The van der Waals surface area contributed by atoms with Gasteiger partial charge >= 0.3 is 6.18 Å². The Labute approximate surface area is 175 Å². The maximum absolute atomic E-state index is 14.1. The number of ether oxygens (including phenoxy) is 1. The summed E-state index contributed by atoms with van der Waals surface area (Å²) >= 11 is 11.7. The van der Waals surface area contributed by atoms with Crippen molar-refractivity contribution in [3.8, 4) is 29.7 Å². The van der Waals surface area contributed by atoms with Gasteiger partial charge in [-0.15, -0.1) is 0 Å². The van der Waals surface area contributed by atoms with Crippen LogP contribution < -0.4 is 10.1 Å². The summed E-state index contributed by atoms with van der Waals surface area (Å²) in [6, 6.07) is 6.57. The third-order valence-electron chi connectivity index (χ3n) is 3.41. The summed E-state index contributed by atoms with van der Waals surface area (Å²) in [7, 11) is 0. The zero-order valence-electron chi connectivity index (χ0n) is 14.2. The second kappa shape index (κ2) is 8.87. The summed E-state index contributed by atoms with van der Waals surface area (Å²) in [5.74, 6) is -4.96. The topological polar surface area (TPSA) is 92.6 Å². The van der Waals surface area contributed by atoms with Crippen molar-refractivity contribution in [3.05, 3.63) is 62.8 Å². The third-order valence-corrected chi connectivity index (χ3v) is 4.13. The fraction of sp³-hybridized carbons (Fsp3) is 0.0556. The van der Waals surface area contributed by atoms with E-state index < -0.39 is 46.1 Å². The van der Waals surface area contributed by atoms with E-state index >= 15 is 0 Å². The van der Waals surface area contributed by atoms with Gasteiger partial charge in [0.1, 0.15) is 23.9 Å². The van der Waals surface area contributed by atoms with E-state index in [0.717, 1.165) is 12.1 Å². The normalized spacial score (nSPS) is 10.4. The van der Waals surface area contributed by atoms with Gasteiger partial charge in [-0.25, -0.2) is 8.78 Å². The van der Waals surface area contributed by atoms with Crippen molar-refractivity contribution in [2.24, 2.45) is 0 Å². The first kappa shape index (κ1) is 22.8. The molecule has 2 aromatic rings. The quantitative estimate of drug-likeness (QED) is 0.427. The lowest BCUT2D eigenvalue weighted by Gasteiger charge is -2.16. The van der Waals surface area contributed by atoms with E-state index in [-0.39, 0.29) is 27.9 Å². The van der Waals surface area contributed by atoms with Crippen LogP contribution in [0, 0.1) is 45.6 Å². The second-order valence-corrected chi connectivity index (χ2v) is 6.16. The summed E-state index contributed by atoms with van der Waals surface area (Å²) in [5.41, 5.74) is -2.99. The summed E-state index contributed by atoms with van der Waals surface area (Å²) in [6.07, 6.45) is -4.99. The highest BCUT2D eigenvalue weighted by atomic mass is 35.5. The zero-order chi connectivity index (χ0) is 22.6. The van der Waals surface area contributed by atoms with Crippen LogP contribution in [0.15, 0.2) is 35.5 Å². The van der Waals surface area contributed by atoms with Crippen molar-refractivity contribution in [3.63, 3.8) is 0 Å². The molecule has 2 rings (SSSR count). The Kier molecular flexibility index (Phi) is 6.73. The maximum Gasteiger partial charge on any atom is 0.416 e. The van der Waals surface area contributed by atoms with Crippen LogP contribution in [0.4, 0.5) is 27.6 Å². The fourth-order valence-electron chi connectivity index (χ4n) is 2.06. The SMILES string of the molecule is N#CC(C#N)=C(C#N)Nc1cc(Cl)c(Cl)cc1Oc1c(F)cc(C(F)(F)F)cc1F. The van der Waals surface area contributed by atoms with Crippen LogP contribution in [-0.4, -0.2) is 0 Å². The molecule has 0 aliphatic rings. The molecule has 0 atom stereocenters. The standard InChI is InChI=1S/C18H5Cl2F5N4O/c19-10-3-14(29-15(7-28)8(5-26)6-27)16(4-11(10)20)30-17-12(21)1-9(2-13(17)22)18(23,24)25/h1-4,29H. The van der Waals surface area contributed by atoms with Crippen LogP contribution >= 0.6 is 23.2 Å². The molecule has 0 heterocycles. The van der Waals surface area contributed by atoms with Crippen molar-refractivity contribution in [2.75, 3.05) is 5.32 Å². The molecule has 2 aromatic carbocycles. The van der Waals surface area contributed by atoms with Crippen LogP contribution in [0.5, 0.6) is 11.5 Å². The van der Waals surface area contributed by atoms with Gasteiger partial charge in [-0.2, -0.15) is 29.0 Å². The highest BCUT2D eigenvalue weighted by Crippen LogP contribution is 2.40. The lowest BCUT2D eigenvalue weighted by Crippen LogP contribution is -2.08. The molecule has 0 saturated heterocycles. The van der Waals surface area contributed by atoms with E-state index in [2.05, 4.69) is 5.32 Å². The van der Waals surface area contributed by atoms with Crippen molar-refractivity contribution in [1.82, 2.24) is 0 Å². The molecule has 0 aromatic heterocycles. The van der Waals surface area contributed by atoms with Gasteiger partial charge in [0.05, 0.1) is 21.3 Å². The Hall–Kier alpha value is -3.52. The van der Waals surface area contributed by atoms with Gasteiger partial charge in [0.25, 0.3) is 0 Å². The predicted molar refractivity (Wildman–Crippen MR) is 95.4 cm³/mol. The molecule has 1 N–H and O–H groups in total. The highest BCUT2D eigenvalue weighted by Gasteiger charge is 2.33. The van der Waals surface area contributed by atoms with Crippen molar-refractivity contribution >= 4 is 28.9 Å². The fourth-order valence-corrected chi connectivity index (χ4v) is 2.38. The number of hydrogen-bond acceptors (Lipinski definition) is 5. The molecule has 0 fully saturated rings. The Morgan fingerprint density at radius 2 is 1.43 bits per heavy atom. The minimum atomic E-state index is -4.99. The van der Waals surface area contributed by atoms with Crippen molar-refractivity contribution in [1.29, 1.82) is 15.8 Å². The van der Waals surface area contributed by atoms with Crippen LogP contribution in [-0.2, 0) is 6.18 Å². The van der Waals surface area contributed by atoms with Gasteiger partial charge in [0.15, 0.2) is 28.7 Å². The first-order chi connectivity index (χ1) is 14.0. The number of alkyl halides is 3. The lowest BCUT2D eigenvalue weighted by atomic mass is 10.2. The van der Waals surface area contributed by atoms with Gasteiger partial charge in [-0.1, -0.05) is 23.2 Å². The van der Waals surface area contributed by atoms with Gasteiger partial charge in [-0.05, 0) is 18.2 Å². The van der Waals surface area contributed by atoms with E-state index in [9.17, 15) is 22.0 Å². The van der Waals surface area contributed by atoms with E-state index in [1.165, 1.54) is 12.1 Å². The average Bonchev–Trinajstić information content (AvgIpc) is 2.67. The number of nitrogens with one attached hydrogen (secondary N) is 1. The molecule has 0 spiro atoms. The van der Waals surface area contributed by atoms with Crippen LogP contribution in [0.25, 0.3) is 0 Å². The Morgan fingerprint density at radius 3 is 1.90 bits per heavy atom. The Morgan fingerprint density at radius 1 is 0.900 bits per heavy atom. The van der Waals surface area contributed by atoms with E-state index in [1.54, 1.807) is 6.07 Å². The third kappa shape index (κ3) is 4.90. The number of nitrogens with zero attached hydrogens (tertiary/aromatic N) is 3. The maximum atomic E-state index is 14.1. The van der Waals surface area contributed by atoms with Gasteiger partial charge < -0.3 is 10.1 Å². The monoisotopic (exact) mass is 458 g/mol. The number of benzene rings is 2. The summed E-state index contributed by atoms with van der Waals surface area (Å²) in [4.78, 5) is 0. The van der Waals surface area contributed by atoms with Gasteiger partial charge in [0, 0.05) is 6.07 Å². The number of halogens is 7. The predicted octanol–water partition coefficient (Wildman–Crippen LogP) is 6.32. The largest absolute Gasteiger partial charge is 0.449 e. The van der Waals surface area contributed by atoms with E-state index in [0.29, 0.717) is 0 Å². The van der Waals surface area contributed by atoms with Crippen molar-refractivity contribution in [2.45, 2.75) is 6.18 Å². The van der Waals surface area contributed by atoms with Crippen LogP contribution in [0.3, 0.4) is 0 Å². The zero-order valence-corrected chi connectivity index (χ0v) is 15.7. The molecule has 12 heteroatoms.